The maximum Gasteiger partial charge on any atom is 0.00103 e. The van der Waals surface area contributed by atoms with Crippen LogP contribution >= 0.6 is 0 Å². The lowest BCUT2D eigenvalue weighted by Gasteiger charge is -2.15. The Labute approximate surface area is 77.9 Å². The molecule has 0 bridgehead atoms. The monoisotopic (exact) mass is 171 g/mol. The maximum atomic E-state index is 3.47. The van der Waals surface area contributed by atoms with Crippen molar-refractivity contribution >= 4 is 0 Å². The van der Waals surface area contributed by atoms with E-state index < -0.39 is 0 Å². The molecule has 0 saturated carbocycles. The Kier molecular flexibility index (Phi) is 7.58. The van der Waals surface area contributed by atoms with Crippen LogP contribution in [0.1, 0.15) is 53.4 Å². The Bertz CT molecular complexity index is 89.0. The van der Waals surface area contributed by atoms with Gasteiger partial charge in [-0.2, -0.15) is 0 Å². The number of hydrogen-bond donors (Lipinski definition) is 1. The molecule has 0 spiro atoms. The molecule has 1 nitrogen and oxygen atoms in total. The molecule has 0 aliphatic rings. The van der Waals surface area contributed by atoms with Crippen LogP contribution in [0, 0.1) is 5.92 Å². The molecule has 1 heteroatoms. The van der Waals surface area contributed by atoms with Gasteiger partial charge in [0.05, 0.1) is 0 Å². The van der Waals surface area contributed by atoms with Gasteiger partial charge in [0.15, 0.2) is 0 Å². The highest BCUT2D eigenvalue weighted by molar-refractivity contribution is 4.60. The van der Waals surface area contributed by atoms with Crippen LogP contribution in [0.25, 0.3) is 0 Å². The lowest BCUT2D eigenvalue weighted by atomic mass is 9.97. The fourth-order valence-corrected chi connectivity index (χ4v) is 1.54. The minimum absolute atomic E-state index is 0.643. The van der Waals surface area contributed by atoms with Crippen molar-refractivity contribution in [2.75, 3.05) is 6.54 Å². The van der Waals surface area contributed by atoms with Gasteiger partial charge < -0.3 is 5.32 Å². The Morgan fingerprint density at radius 2 is 1.75 bits per heavy atom. The van der Waals surface area contributed by atoms with E-state index in [1.54, 1.807) is 0 Å². The van der Waals surface area contributed by atoms with Crippen molar-refractivity contribution in [1.82, 2.24) is 5.32 Å². The molecule has 0 heterocycles. The van der Waals surface area contributed by atoms with Gasteiger partial charge in [-0.25, -0.2) is 0 Å². The van der Waals surface area contributed by atoms with Crippen LogP contribution in [0.4, 0.5) is 0 Å². The lowest BCUT2D eigenvalue weighted by Crippen LogP contribution is -2.25. The van der Waals surface area contributed by atoms with Gasteiger partial charge in [-0.05, 0) is 18.9 Å². The van der Waals surface area contributed by atoms with Crippen LogP contribution in [0.3, 0.4) is 0 Å². The van der Waals surface area contributed by atoms with E-state index >= 15 is 0 Å². The van der Waals surface area contributed by atoms with Crippen molar-refractivity contribution in [3.05, 3.63) is 0 Å². The fourth-order valence-electron chi connectivity index (χ4n) is 1.54. The molecule has 0 aliphatic carbocycles. The minimum Gasteiger partial charge on any atom is -0.315 e. The standard InChI is InChI=1S/C11H25N/c1-5-7-11(6-2)8-9-12-10(3)4/h10-12H,5-9H2,1-4H3. The average molecular weight is 171 g/mol. The van der Waals surface area contributed by atoms with Crippen LogP contribution in [0.5, 0.6) is 0 Å². The number of nitrogens with one attached hydrogen (secondary N) is 1. The molecule has 0 rings (SSSR count). The van der Waals surface area contributed by atoms with Gasteiger partial charge in [-0.15, -0.1) is 0 Å². The average Bonchev–Trinajstić information content (AvgIpc) is 2.02. The highest BCUT2D eigenvalue weighted by atomic mass is 14.9. The quantitative estimate of drug-likeness (QED) is 0.620. The molecule has 1 unspecified atom stereocenters. The van der Waals surface area contributed by atoms with Gasteiger partial charge >= 0.3 is 0 Å². The van der Waals surface area contributed by atoms with Gasteiger partial charge in [0.25, 0.3) is 0 Å². The second-order valence-electron chi connectivity index (χ2n) is 3.96. The summed E-state index contributed by atoms with van der Waals surface area (Å²) < 4.78 is 0. The third-order valence-electron chi connectivity index (χ3n) is 2.38. The smallest absolute Gasteiger partial charge is 0.00103 e. The lowest BCUT2D eigenvalue weighted by molar-refractivity contribution is 0.409. The van der Waals surface area contributed by atoms with Crippen molar-refractivity contribution in [3.8, 4) is 0 Å². The van der Waals surface area contributed by atoms with Crippen molar-refractivity contribution in [3.63, 3.8) is 0 Å². The van der Waals surface area contributed by atoms with Crippen molar-refractivity contribution in [1.29, 1.82) is 0 Å². The molecular formula is C11H25N. The predicted molar refractivity (Wildman–Crippen MR) is 56.4 cm³/mol. The maximum absolute atomic E-state index is 3.47. The Morgan fingerprint density at radius 3 is 2.17 bits per heavy atom. The van der Waals surface area contributed by atoms with E-state index in [0.29, 0.717) is 6.04 Å². The number of hydrogen-bond acceptors (Lipinski definition) is 1. The van der Waals surface area contributed by atoms with Crippen LogP contribution < -0.4 is 5.32 Å². The molecule has 1 atom stereocenters. The van der Waals surface area contributed by atoms with Crippen molar-refractivity contribution in [2.24, 2.45) is 5.92 Å². The zero-order chi connectivity index (χ0) is 9.40. The molecule has 1 N–H and O–H groups in total. The van der Waals surface area contributed by atoms with Gasteiger partial charge in [-0.3, -0.25) is 0 Å². The summed E-state index contributed by atoms with van der Waals surface area (Å²) in [6.45, 7) is 10.2. The summed E-state index contributed by atoms with van der Waals surface area (Å²) in [5.41, 5.74) is 0. The van der Waals surface area contributed by atoms with E-state index in [4.69, 9.17) is 0 Å². The second kappa shape index (κ2) is 7.60. The summed E-state index contributed by atoms with van der Waals surface area (Å²) in [5.74, 6) is 0.946. The van der Waals surface area contributed by atoms with Gasteiger partial charge in [0, 0.05) is 6.04 Å². The first-order valence-electron chi connectivity index (χ1n) is 5.44. The van der Waals surface area contributed by atoms with Crippen LogP contribution in [0.2, 0.25) is 0 Å². The van der Waals surface area contributed by atoms with Crippen LogP contribution in [-0.2, 0) is 0 Å². The van der Waals surface area contributed by atoms with Crippen molar-refractivity contribution in [2.45, 2.75) is 59.4 Å². The van der Waals surface area contributed by atoms with Crippen LogP contribution in [0.15, 0.2) is 0 Å². The van der Waals surface area contributed by atoms with E-state index in [-0.39, 0.29) is 0 Å². The summed E-state index contributed by atoms with van der Waals surface area (Å²) in [4.78, 5) is 0. The normalized spacial score (nSPS) is 13.8. The zero-order valence-corrected chi connectivity index (χ0v) is 9.19. The van der Waals surface area contributed by atoms with Gasteiger partial charge in [0.2, 0.25) is 0 Å². The Morgan fingerprint density at radius 1 is 1.08 bits per heavy atom. The largest absolute Gasteiger partial charge is 0.315 e. The van der Waals surface area contributed by atoms with E-state index in [9.17, 15) is 0 Å². The molecule has 0 aliphatic heterocycles. The zero-order valence-electron chi connectivity index (χ0n) is 9.19. The summed E-state index contributed by atoms with van der Waals surface area (Å²) >= 11 is 0. The van der Waals surface area contributed by atoms with Gasteiger partial charge in [-0.1, -0.05) is 47.0 Å². The molecule has 12 heavy (non-hydrogen) atoms. The molecule has 0 radical (unpaired) electrons. The highest BCUT2D eigenvalue weighted by Crippen LogP contribution is 2.13. The minimum atomic E-state index is 0.643. The molecule has 0 aromatic carbocycles. The van der Waals surface area contributed by atoms with E-state index in [0.717, 1.165) is 5.92 Å². The second-order valence-corrected chi connectivity index (χ2v) is 3.96. The summed E-state index contributed by atoms with van der Waals surface area (Å²) in [5, 5.41) is 3.47. The molecule has 0 fully saturated rings. The molecule has 0 amide bonds. The Hall–Kier alpha value is -0.0400. The molecule has 0 aromatic rings. The first-order valence-corrected chi connectivity index (χ1v) is 5.44. The first kappa shape index (κ1) is 12.0. The molecule has 74 valence electrons. The Balaban J connectivity index is 3.31. The van der Waals surface area contributed by atoms with E-state index in [1.165, 1.54) is 32.2 Å². The number of rotatable bonds is 7. The third kappa shape index (κ3) is 6.66. The molecule has 0 saturated heterocycles. The van der Waals surface area contributed by atoms with Gasteiger partial charge in [0.1, 0.15) is 0 Å². The predicted octanol–water partition coefficient (Wildman–Crippen LogP) is 3.20. The summed E-state index contributed by atoms with van der Waals surface area (Å²) in [6.07, 6.45) is 5.42. The SMILES string of the molecule is CCCC(CC)CCNC(C)C. The van der Waals surface area contributed by atoms with E-state index in [1.807, 2.05) is 0 Å². The first-order chi connectivity index (χ1) is 5.70. The van der Waals surface area contributed by atoms with Crippen LogP contribution in [-0.4, -0.2) is 12.6 Å². The fraction of sp³-hybridized carbons (Fsp3) is 1.00. The summed E-state index contributed by atoms with van der Waals surface area (Å²) in [7, 11) is 0. The van der Waals surface area contributed by atoms with Crippen molar-refractivity contribution < 1.29 is 0 Å². The third-order valence-corrected chi connectivity index (χ3v) is 2.38. The topological polar surface area (TPSA) is 12.0 Å². The van der Waals surface area contributed by atoms with E-state index in [2.05, 4.69) is 33.0 Å². The molecule has 0 aromatic heterocycles. The summed E-state index contributed by atoms with van der Waals surface area (Å²) in [6, 6.07) is 0.643. The highest BCUT2D eigenvalue weighted by Gasteiger charge is 2.04. The molecular weight excluding hydrogens is 146 g/mol.